The van der Waals surface area contributed by atoms with Gasteiger partial charge in [0.15, 0.2) is 0 Å². The third kappa shape index (κ3) is 3.08. The van der Waals surface area contributed by atoms with Gasteiger partial charge in [-0.1, -0.05) is 12.2 Å². The topological polar surface area (TPSA) is 48.1 Å². The smallest absolute Gasteiger partial charge is 0.229 e. The van der Waals surface area contributed by atoms with E-state index < -0.39 is 0 Å². The Balaban J connectivity index is 2.44. The number of aryl methyl sites for hydroxylation is 1. The minimum Gasteiger partial charge on any atom is -0.437 e. The number of nitrogens with zero attached hydrogens (tertiary/aromatic N) is 1. The van der Waals surface area contributed by atoms with E-state index in [1.807, 2.05) is 6.92 Å². The molecule has 1 heterocycles. The Labute approximate surface area is 123 Å². The Morgan fingerprint density at radius 1 is 1.42 bits per heavy atom. The third-order valence-electron chi connectivity index (χ3n) is 2.47. The van der Waals surface area contributed by atoms with E-state index in [1.165, 1.54) is 18.2 Å². The van der Waals surface area contributed by atoms with Crippen LogP contribution in [0.1, 0.15) is 11.1 Å². The minimum atomic E-state index is -0.356. The van der Waals surface area contributed by atoms with E-state index in [0.717, 1.165) is 5.56 Å². The average Bonchev–Trinajstić information content (AvgIpc) is 2.32. The summed E-state index contributed by atoms with van der Waals surface area (Å²) in [6.45, 7) is 1.86. The highest BCUT2D eigenvalue weighted by molar-refractivity contribution is 9.10. The van der Waals surface area contributed by atoms with Crippen molar-refractivity contribution in [3.05, 3.63) is 51.9 Å². The fraction of sp³-hybridized carbons (Fsp3) is 0.0769. The van der Waals surface area contributed by atoms with Crippen LogP contribution in [0.4, 0.5) is 4.39 Å². The zero-order valence-electron chi connectivity index (χ0n) is 9.98. The second kappa shape index (κ2) is 5.63. The lowest BCUT2D eigenvalue weighted by Crippen LogP contribution is -2.13. The number of halogens is 2. The highest BCUT2D eigenvalue weighted by Gasteiger charge is 2.13. The average molecular weight is 341 g/mol. The molecule has 0 unspecified atom stereocenters. The van der Waals surface area contributed by atoms with Crippen LogP contribution in [0, 0.1) is 12.7 Å². The number of rotatable bonds is 3. The van der Waals surface area contributed by atoms with Crippen molar-refractivity contribution in [3.8, 4) is 11.6 Å². The molecule has 19 heavy (non-hydrogen) atoms. The van der Waals surface area contributed by atoms with E-state index >= 15 is 0 Å². The van der Waals surface area contributed by atoms with Crippen molar-refractivity contribution in [2.45, 2.75) is 6.92 Å². The van der Waals surface area contributed by atoms with Crippen molar-refractivity contribution < 1.29 is 9.13 Å². The molecule has 1 aromatic carbocycles. The summed E-state index contributed by atoms with van der Waals surface area (Å²) in [5.74, 6) is 0.391. The second-order valence-corrected chi connectivity index (χ2v) is 5.14. The quantitative estimate of drug-likeness (QED) is 0.865. The molecule has 0 amide bonds. The van der Waals surface area contributed by atoms with Crippen molar-refractivity contribution in [2.75, 3.05) is 0 Å². The Bertz CT molecular complexity index is 649. The summed E-state index contributed by atoms with van der Waals surface area (Å²) in [5, 5.41) is 0. The fourth-order valence-electron chi connectivity index (χ4n) is 1.57. The number of pyridine rings is 1. The van der Waals surface area contributed by atoms with Crippen LogP contribution in [0.25, 0.3) is 0 Å². The lowest BCUT2D eigenvalue weighted by Gasteiger charge is -2.12. The number of nitrogens with two attached hydrogens (primary N) is 1. The molecule has 0 bridgehead atoms. The standard InChI is InChI=1S/C13H10BrFN2OS/c1-7-4-5-17-13(11(7)12(16)19)18-10-3-2-8(15)6-9(10)14/h2-6H,1H3,(H2,16,19). The summed E-state index contributed by atoms with van der Waals surface area (Å²) >= 11 is 8.22. The van der Waals surface area contributed by atoms with Crippen LogP contribution in [-0.2, 0) is 0 Å². The number of benzene rings is 1. The van der Waals surface area contributed by atoms with Crippen molar-refractivity contribution in [1.29, 1.82) is 0 Å². The van der Waals surface area contributed by atoms with Crippen molar-refractivity contribution in [3.63, 3.8) is 0 Å². The molecule has 3 nitrogen and oxygen atoms in total. The van der Waals surface area contributed by atoms with Crippen molar-refractivity contribution in [2.24, 2.45) is 5.73 Å². The lowest BCUT2D eigenvalue weighted by atomic mass is 10.1. The van der Waals surface area contributed by atoms with Gasteiger partial charge in [0.25, 0.3) is 0 Å². The maximum Gasteiger partial charge on any atom is 0.229 e. The van der Waals surface area contributed by atoms with E-state index in [0.29, 0.717) is 21.7 Å². The van der Waals surface area contributed by atoms with Gasteiger partial charge in [0.1, 0.15) is 16.6 Å². The zero-order chi connectivity index (χ0) is 14.0. The maximum atomic E-state index is 13.0. The maximum absolute atomic E-state index is 13.0. The van der Waals surface area contributed by atoms with Crippen LogP contribution >= 0.6 is 28.1 Å². The number of ether oxygens (including phenoxy) is 1. The summed E-state index contributed by atoms with van der Waals surface area (Å²) in [6.07, 6.45) is 1.60. The predicted molar refractivity (Wildman–Crippen MR) is 79.0 cm³/mol. The molecule has 0 atom stereocenters. The van der Waals surface area contributed by atoms with Crippen LogP contribution in [0.3, 0.4) is 0 Å². The number of hydrogen-bond acceptors (Lipinski definition) is 3. The fourth-order valence-corrected chi connectivity index (χ4v) is 2.25. The molecule has 0 saturated heterocycles. The molecule has 6 heteroatoms. The molecule has 0 aliphatic heterocycles. The van der Waals surface area contributed by atoms with Crippen molar-refractivity contribution in [1.82, 2.24) is 4.98 Å². The molecule has 1 aromatic heterocycles. The van der Waals surface area contributed by atoms with Crippen LogP contribution in [-0.4, -0.2) is 9.97 Å². The number of hydrogen-bond donors (Lipinski definition) is 1. The first-order valence-corrected chi connectivity index (χ1v) is 6.57. The van der Waals surface area contributed by atoms with Crippen LogP contribution in [0.15, 0.2) is 34.9 Å². The third-order valence-corrected chi connectivity index (χ3v) is 3.30. The molecular weight excluding hydrogens is 331 g/mol. The van der Waals surface area contributed by atoms with Gasteiger partial charge >= 0.3 is 0 Å². The Morgan fingerprint density at radius 2 is 2.16 bits per heavy atom. The predicted octanol–water partition coefficient (Wildman–Crippen LogP) is 3.72. The molecule has 0 spiro atoms. The first-order valence-electron chi connectivity index (χ1n) is 5.37. The molecule has 0 aliphatic carbocycles. The Kier molecular flexibility index (Phi) is 4.11. The normalized spacial score (nSPS) is 10.3. The van der Waals surface area contributed by atoms with Gasteiger partial charge in [0.2, 0.25) is 5.88 Å². The molecule has 2 rings (SSSR count). The second-order valence-electron chi connectivity index (χ2n) is 3.85. The molecular formula is C13H10BrFN2OS. The molecule has 0 radical (unpaired) electrons. The van der Waals surface area contributed by atoms with Crippen molar-refractivity contribution >= 4 is 33.1 Å². The highest BCUT2D eigenvalue weighted by atomic mass is 79.9. The van der Waals surface area contributed by atoms with Gasteiger partial charge < -0.3 is 10.5 Å². The highest BCUT2D eigenvalue weighted by Crippen LogP contribution is 2.31. The SMILES string of the molecule is Cc1ccnc(Oc2ccc(F)cc2Br)c1C(N)=S. The molecule has 0 fully saturated rings. The Morgan fingerprint density at radius 3 is 2.79 bits per heavy atom. The van der Waals surface area contributed by atoms with Gasteiger partial charge in [0.05, 0.1) is 10.0 Å². The van der Waals surface area contributed by atoms with E-state index in [1.54, 1.807) is 12.3 Å². The zero-order valence-corrected chi connectivity index (χ0v) is 12.4. The first kappa shape index (κ1) is 13.9. The largest absolute Gasteiger partial charge is 0.437 e. The van der Waals surface area contributed by atoms with E-state index in [4.69, 9.17) is 22.7 Å². The van der Waals surface area contributed by atoms with E-state index in [2.05, 4.69) is 20.9 Å². The summed E-state index contributed by atoms with van der Waals surface area (Å²) in [4.78, 5) is 4.32. The Hall–Kier alpha value is -1.53. The summed E-state index contributed by atoms with van der Waals surface area (Å²) in [5.41, 5.74) is 7.12. The van der Waals surface area contributed by atoms with Gasteiger partial charge in [-0.05, 0) is 52.7 Å². The summed E-state index contributed by atoms with van der Waals surface area (Å²) in [6, 6.07) is 5.91. The van der Waals surface area contributed by atoms with Gasteiger partial charge in [-0.3, -0.25) is 0 Å². The van der Waals surface area contributed by atoms with Crippen LogP contribution in [0.5, 0.6) is 11.6 Å². The van der Waals surface area contributed by atoms with E-state index in [9.17, 15) is 4.39 Å². The monoisotopic (exact) mass is 340 g/mol. The summed E-state index contributed by atoms with van der Waals surface area (Å²) in [7, 11) is 0. The van der Waals surface area contributed by atoms with Gasteiger partial charge in [-0.2, -0.15) is 0 Å². The molecule has 2 aromatic rings. The van der Waals surface area contributed by atoms with Gasteiger partial charge in [0, 0.05) is 6.20 Å². The minimum absolute atomic E-state index is 0.207. The molecule has 0 aliphatic rings. The van der Waals surface area contributed by atoms with Crippen LogP contribution < -0.4 is 10.5 Å². The lowest BCUT2D eigenvalue weighted by molar-refractivity contribution is 0.457. The van der Waals surface area contributed by atoms with E-state index in [-0.39, 0.29) is 10.8 Å². The summed E-state index contributed by atoms with van der Waals surface area (Å²) < 4.78 is 19.2. The number of aromatic nitrogens is 1. The first-order chi connectivity index (χ1) is 8.99. The van der Waals surface area contributed by atoms with Gasteiger partial charge in [-0.25, -0.2) is 9.37 Å². The number of thiocarbonyl (C=S) groups is 1. The van der Waals surface area contributed by atoms with Crippen LogP contribution in [0.2, 0.25) is 0 Å². The molecule has 2 N–H and O–H groups in total. The van der Waals surface area contributed by atoms with Gasteiger partial charge in [-0.15, -0.1) is 0 Å². The molecule has 98 valence electrons. The molecule has 0 saturated carbocycles.